The molecule has 128 valence electrons. The average Bonchev–Trinajstić information content (AvgIpc) is 2.61. The van der Waals surface area contributed by atoms with Gasteiger partial charge in [0.25, 0.3) is 0 Å². The lowest BCUT2D eigenvalue weighted by atomic mass is 10.1. The smallest absolute Gasteiger partial charge is 0.170 e. The van der Waals surface area contributed by atoms with E-state index in [1.54, 1.807) is 26.0 Å². The van der Waals surface area contributed by atoms with Gasteiger partial charge in [-0.1, -0.05) is 18.2 Å². The Labute approximate surface area is 152 Å². The molecule has 0 amide bonds. The number of hydrogen-bond acceptors (Lipinski definition) is 4. The molecule has 0 aromatic heterocycles. The first-order valence-corrected chi connectivity index (χ1v) is 8.98. The van der Waals surface area contributed by atoms with Crippen LogP contribution in [0.15, 0.2) is 47.4 Å². The predicted octanol–water partition coefficient (Wildman–Crippen LogP) is 4.09. The predicted molar refractivity (Wildman–Crippen MR) is 106 cm³/mol. The number of benzene rings is 2. The Morgan fingerprint density at radius 2 is 1.75 bits per heavy atom. The summed E-state index contributed by atoms with van der Waals surface area (Å²) in [6, 6.07) is 14.1. The largest absolute Gasteiger partial charge is 0.493 e. The van der Waals surface area contributed by atoms with Crippen LogP contribution >= 0.6 is 24.0 Å². The number of thiocarbonyl (C=S) groups is 1. The number of rotatable bonds is 7. The minimum atomic E-state index is 0.596. The summed E-state index contributed by atoms with van der Waals surface area (Å²) in [6.45, 7) is 2.79. The normalized spacial score (nSPS) is 10.1. The van der Waals surface area contributed by atoms with E-state index in [2.05, 4.69) is 22.8 Å². The van der Waals surface area contributed by atoms with Gasteiger partial charge >= 0.3 is 0 Å². The quantitative estimate of drug-likeness (QED) is 0.439. The highest BCUT2D eigenvalue weighted by molar-refractivity contribution is 7.99. The van der Waals surface area contributed by atoms with E-state index in [1.165, 1.54) is 4.90 Å². The molecule has 2 N–H and O–H groups in total. The molecule has 0 saturated carbocycles. The number of hydrogen-bond donors (Lipinski definition) is 2. The van der Waals surface area contributed by atoms with Crippen molar-refractivity contribution in [1.82, 2.24) is 5.32 Å². The molecule has 0 fully saturated rings. The van der Waals surface area contributed by atoms with E-state index in [-0.39, 0.29) is 0 Å². The lowest BCUT2D eigenvalue weighted by molar-refractivity contribution is 0.355. The first-order valence-electron chi connectivity index (χ1n) is 7.59. The van der Waals surface area contributed by atoms with Gasteiger partial charge in [-0.25, -0.2) is 0 Å². The van der Waals surface area contributed by atoms with Gasteiger partial charge in [0, 0.05) is 28.9 Å². The van der Waals surface area contributed by atoms with Gasteiger partial charge in [0.05, 0.1) is 14.2 Å². The van der Waals surface area contributed by atoms with Gasteiger partial charge < -0.3 is 20.1 Å². The molecule has 0 aliphatic rings. The van der Waals surface area contributed by atoms with Crippen molar-refractivity contribution in [2.24, 2.45) is 0 Å². The summed E-state index contributed by atoms with van der Waals surface area (Å²) in [7, 11) is 3.25. The Hall–Kier alpha value is -1.92. The summed E-state index contributed by atoms with van der Waals surface area (Å²) >= 11 is 7.16. The number of nitrogens with one attached hydrogen (secondary N) is 2. The first-order chi connectivity index (χ1) is 11.6. The van der Waals surface area contributed by atoms with Gasteiger partial charge in [-0.15, -0.1) is 11.8 Å². The van der Waals surface area contributed by atoms with E-state index in [1.807, 2.05) is 37.3 Å². The summed E-state index contributed by atoms with van der Waals surface area (Å²) in [5.41, 5.74) is 1.94. The summed E-state index contributed by atoms with van der Waals surface area (Å²) in [6.07, 6.45) is 0. The van der Waals surface area contributed by atoms with Crippen molar-refractivity contribution < 1.29 is 9.47 Å². The molecule has 0 spiro atoms. The Kier molecular flexibility index (Phi) is 7.21. The molecule has 0 aliphatic heterocycles. The van der Waals surface area contributed by atoms with Crippen molar-refractivity contribution in [1.29, 1.82) is 0 Å². The van der Waals surface area contributed by atoms with Gasteiger partial charge in [0.1, 0.15) is 0 Å². The molecule has 24 heavy (non-hydrogen) atoms. The molecule has 0 unspecified atom stereocenters. The van der Waals surface area contributed by atoms with Crippen LogP contribution in [0.1, 0.15) is 5.56 Å². The number of ether oxygens (including phenoxy) is 2. The fraction of sp³-hybridized carbons (Fsp3) is 0.278. The molecular weight excluding hydrogens is 340 g/mol. The average molecular weight is 363 g/mol. The van der Waals surface area contributed by atoms with Crippen molar-refractivity contribution in [2.75, 3.05) is 31.8 Å². The molecule has 4 nitrogen and oxygen atoms in total. The van der Waals surface area contributed by atoms with Crippen LogP contribution < -0.4 is 20.1 Å². The zero-order valence-corrected chi connectivity index (χ0v) is 15.7. The van der Waals surface area contributed by atoms with Crippen LogP contribution in [0.4, 0.5) is 5.69 Å². The van der Waals surface area contributed by atoms with Crippen molar-refractivity contribution in [3.63, 3.8) is 0 Å². The van der Waals surface area contributed by atoms with Crippen molar-refractivity contribution in [2.45, 2.75) is 11.8 Å². The molecule has 0 heterocycles. The molecule has 0 bridgehead atoms. The van der Waals surface area contributed by atoms with Crippen molar-refractivity contribution >= 4 is 34.8 Å². The number of thioether (sulfide) groups is 1. The van der Waals surface area contributed by atoms with E-state index in [0.717, 1.165) is 23.5 Å². The SMILES string of the molecule is COc1cc(C)c(NC(=S)NCCSc2ccccc2)cc1OC. The standard InChI is InChI=1S/C18H22N2O2S2/c1-13-11-16(21-2)17(22-3)12-15(13)20-18(23)19-9-10-24-14-7-5-4-6-8-14/h4-8,11-12H,9-10H2,1-3H3,(H2,19,20,23). The van der Waals surface area contributed by atoms with Crippen molar-refractivity contribution in [3.8, 4) is 11.5 Å². The third-order valence-electron chi connectivity index (χ3n) is 3.38. The fourth-order valence-corrected chi connectivity index (χ4v) is 3.13. The molecule has 0 saturated heterocycles. The molecule has 0 aliphatic carbocycles. The third kappa shape index (κ3) is 5.32. The van der Waals surface area contributed by atoms with Gasteiger partial charge in [0.2, 0.25) is 0 Å². The molecule has 2 rings (SSSR count). The summed E-state index contributed by atoms with van der Waals surface area (Å²) in [4.78, 5) is 1.26. The van der Waals surface area contributed by atoms with Crippen LogP contribution in [0.5, 0.6) is 11.5 Å². The topological polar surface area (TPSA) is 42.5 Å². The maximum atomic E-state index is 5.36. The van der Waals surface area contributed by atoms with Gasteiger partial charge in [0.15, 0.2) is 16.6 Å². The van der Waals surface area contributed by atoms with Crippen LogP contribution in [-0.4, -0.2) is 31.6 Å². The second-order valence-corrected chi connectivity index (χ2v) is 6.64. The van der Waals surface area contributed by atoms with Crippen LogP contribution in [0.25, 0.3) is 0 Å². The Morgan fingerprint density at radius 3 is 2.42 bits per heavy atom. The Morgan fingerprint density at radius 1 is 1.08 bits per heavy atom. The molecule has 2 aromatic carbocycles. The Bertz CT molecular complexity index is 678. The maximum absolute atomic E-state index is 5.36. The van der Waals surface area contributed by atoms with Crippen LogP contribution in [-0.2, 0) is 0 Å². The van der Waals surface area contributed by atoms with Gasteiger partial charge in [-0.05, 0) is 42.9 Å². The second kappa shape index (κ2) is 9.39. The van der Waals surface area contributed by atoms with Gasteiger partial charge in [-0.3, -0.25) is 0 Å². The lowest BCUT2D eigenvalue weighted by Crippen LogP contribution is -2.30. The van der Waals surface area contributed by atoms with E-state index in [0.29, 0.717) is 16.6 Å². The zero-order valence-electron chi connectivity index (χ0n) is 14.1. The van der Waals surface area contributed by atoms with E-state index in [9.17, 15) is 0 Å². The molecule has 2 aromatic rings. The second-order valence-electron chi connectivity index (χ2n) is 5.06. The van der Waals surface area contributed by atoms with E-state index < -0.39 is 0 Å². The number of methoxy groups -OCH3 is 2. The minimum absolute atomic E-state index is 0.596. The van der Waals surface area contributed by atoms with E-state index in [4.69, 9.17) is 21.7 Å². The summed E-state index contributed by atoms with van der Waals surface area (Å²) < 4.78 is 10.6. The highest BCUT2D eigenvalue weighted by Crippen LogP contribution is 2.32. The monoisotopic (exact) mass is 362 g/mol. The van der Waals surface area contributed by atoms with Crippen molar-refractivity contribution in [3.05, 3.63) is 48.0 Å². The highest BCUT2D eigenvalue weighted by Gasteiger charge is 2.09. The van der Waals surface area contributed by atoms with Crippen LogP contribution in [0.2, 0.25) is 0 Å². The summed E-state index contributed by atoms with van der Waals surface area (Å²) in [5, 5.41) is 7.03. The molecular formula is C18H22N2O2S2. The molecule has 0 radical (unpaired) electrons. The summed E-state index contributed by atoms with van der Waals surface area (Å²) in [5.74, 6) is 2.32. The number of anilines is 1. The highest BCUT2D eigenvalue weighted by atomic mass is 32.2. The van der Waals surface area contributed by atoms with Crippen LogP contribution in [0.3, 0.4) is 0 Å². The van der Waals surface area contributed by atoms with Crippen LogP contribution in [0, 0.1) is 6.92 Å². The zero-order chi connectivity index (χ0) is 17.4. The lowest BCUT2D eigenvalue weighted by Gasteiger charge is -2.15. The molecule has 0 atom stereocenters. The molecule has 6 heteroatoms. The fourth-order valence-electron chi connectivity index (χ4n) is 2.13. The minimum Gasteiger partial charge on any atom is -0.493 e. The van der Waals surface area contributed by atoms with Gasteiger partial charge in [-0.2, -0.15) is 0 Å². The van der Waals surface area contributed by atoms with E-state index >= 15 is 0 Å². The Balaban J connectivity index is 1.84. The first kappa shape index (κ1) is 18.4. The maximum Gasteiger partial charge on any atom is 0.170 e. The third-order valence-corrected chi connectivity index (χ3v) is 4.64. The number of aryl methyl sites for hydroxylation is 1.